The summed E-state index contributed by atoms with van der Waals surface area (Å²) in [5, 5.41) is 14.0. The Balaban J connectivity index is 1.79. The molecule has 0 aliphatic heterocycles. The van der Waals surface area contributed by atoms with Crippen LogP contribution >= 0.6 is 0 Å². The number of hydrogen-bond acceptors (Lipinski definition) is 5. The molecular weight excluding hydrogens is 371 g/mol. The van der Waals surface area contributed by atoms with Crippen molar-refractivity contribution >= 4 is 23.1 Å². The minimum absolute atomic E-state index is 0.108. The number of hydrogen-bond donors (Lipinski definition) is 2. The fourth-order valence-corrected chi connectivity index (χ4v) is 2.35. The SMILES string of the molecule is N#Cc1ccc(Nc2cc(C(=O)Nc3ccccc3C(F)(F)F)ncn2)cc1. The van der Waals surface area contributed by atoms with E-state index < -0.39 is 17.6 Å². The van der Waals surface area contributed by atoms with Gasteiger partial charge in [-0.25, -0.2) is 9.97 Å². The van der Waals surface area contributed by atoms with Crippen LogP contribution in [0.3, 0.4) is 0 Å². The third kappa shape index (κ3) is 4.42. The Morgan fingerprint density at radius 1 is 1.04 bits per heavy atom. The Kier molecular flexibility index (Phi) is 5.22. The van der Waals surface area contributed by atoms with Crippen LogP contribution in [0.1, 0.15) is 21.6 Å². The highest BCUT2D eigenvalue weighted by atomic mass is 19.4. The second-order valence-electron chi connectivity index (χ2n) is 5.60. The fraction of sp³-hybridized carbons (Fsp3) is 0.0526. The number of anilines is 3. The van der Waals surface area contributed by atoms with Gasteiger partial charge in [0.2, 0.25) is 0 Å². The lowest BCUT2D eigenvalue weighted by atomic mass is 10.1. The van der Waals surface area contributed by atoms with E-state index in [1.165, 1.54) is 18.2 Å². The second-order valence-corrected chi connectivity index (χ2v) is 5.60. The van der Waals surface area contributed by atoms with Crippen LogP contribution in [0.5, 0.6) is 0 Å². The summed E-state index contributed by atoms with van der Waals surface area (Å²) in [6.07, 6.45) is -3.48. The number of nitrogens with one attached hydrogen (secondary N) is 2. The van der Waals surface area contributed by atoms with E-state index in [1.54, 1.807) is 24.3 Å². The van der Waals surface area contributed by atoms with Crippen molar-refractivity contribution in [3.05, 3.63) is 77.7 Å². The number of benzene rings is 2. The second kappa shape index (κ2) is 7.75. The Hall–Kier alpha value is -3.93. The molecule has 1 heterocycles. The summed E-state index contributed by atoms with van der Waals surface area (Å²) in [6, 6.07) is 14.5. The van der Waals surface area contributed by atoms with Gasteiger partial charge in [-0.3, -0.25) is 4.79 Å². The first-order chi connectivity index (χ1) is 13.4. The Morgan fingerprint density at radius 2 is 1.75 bits per heavy atom. The summed E-state index contributed by atoms with van der Waals surface area (Å²) in [6.45, 7) is 0. The average Bonchev–Trinajstić information content (AvgIpc) is 2.68. The van der Waals surface area contributed by atoms with E-state index in [9.17, 15) is 18.0 Å². The first kappa shape index (κ1) is 18.8. The lowest BCUT2D eigenvalue weighted by Gasteiger charge is -2.13. The average molecular weight is 383 g/mol. The number of carbonyl (C=O) groups is 1. The van der Waals surface area contributed by atoms with Crippen LogP contribution in [0.25, 0.3) is 0 Å². The number of amides is 1. The van der Waals surface area contributed by atoms with Crippen LogP contribution in [-0.4, -0.2) is 15.9 Å². The quantitative estimate of drug-likeness (QED) is 0.698. The maximum atomic E-state index is 13.1. The summed E-state index contributed by atoms with van der Waals surface area (Å²) < 4.78 is 39.2. The normalized spacial score (nSPS) is 10.8. The number of nitrogens with zero attached hydrogens (tertiary/aromatic N) is 3. The molecule has 0 aliphatic rings. The maximum Gasteiger partial charge on any atom is 0.418 e. The largest absolute Gasteiger partial charge is 0.418 e. The summed E-state index contributed by atoms with van der Waals surface area (Å²) in [5.41, 5.74) is -0.320. The number of nitriles is 1. The van der Waals surface area contributed by atoms with Gasteiger partial charge in [0.25, 0.3) is 5.91 Å². The third-order valence-corrected chi connectivity index (χ3v) is 3.67. The molecule has 0 unspecified atom stereocenters. The molecule has 2 aromatic carbocycles. The molecule has 9 heteroatoms. The number of aromatic nitrogens is 2. The summed E-state index contributed by atoms with van der Waals surface area (Å²) in [7, 11) is 0. The summed E-state index contributed by atoms with van der Waals surface area (Å²) in [5.74, 6) is -0.532. The predicted octanol–water partition coefficient (Wildman–Crippen LogP) is 4.36. The molecule has 1 aromatic heterocycles. The van der Waals surface area contributed by atoms with Crippen molar-refractivity contribution in [3.63, 3.8) is 0 Å². The molecular formula is C19H12F3N5O. The molecule has 0 radical (unpaired) electrons. The predicted molar refractivity (Wildman–Crippen MR) is 95.9 cm³/mol. The first-order valence-corrected chi connectivity index (χ1v) is 7.93. The zero-order chi connectivity index (χ0) is 20.1. The number of carbonyl (C=O) groups excluding carboxylic acids is 1. The number of halogens is 3. The van der Waals surface area contributed by atoms with Crippen molar-refractivity contribution in [2.45, 2.75) is 6.18 Å². The minimum atomic E-state index is -4.60. The van der Waals surface area contributed by atoms with Crippen molar-refractivity contribution in [1.29, 1.82) is 5.26 Å². The molecule has 28 heavy (non-hydrogen) atoms. The van der Waals surface area contributed by atoms with Gasteiger partial charge < -0.3 is 10.6 Å². The molecule has 0 saturated heterocycles. The number of para-hydroxylation sites is 1. The molecule has 0 fully saturated rings. The summed E-state index contributed by atoms with van der Waals surface area (Å²) in [4.78, 5) is 20.1. The van der Waals surface area contributed by atoms with Crippen LogP contribution < -0.4 is 10.6 Å². The highest BCUT2D eigenvalue weighted by molar-refractivity contribution is 6.03. The van der Waals surface area contributed by atoms with Gasteiger partial charge in [-0.15, -0.1) is 0 Å². The lowest BCUT2D eigenvalue weighted by Crippen LogP contribution is -2.18. The van der Waals surface area contributed by atoms with Gasteiger partial charge in [-0.2, -0.15) is 18.4 Å². The van der Waals surface area contributed by atoms with E-state index in [-0.39, 0.29) is 17.2 Å². The van der Waals surface area contributed by atoms with Gasteiger partial charge in [0, 0.05) is 11.8 Å². The van der Waals surface area contributed by atoms with Gasteiger partial charge in [-0.05, 0) is 36.4 Å². The van der Waals surface area contributed by atoms with Crippen LogP contribution in [-0.2, 0) is 6.18 Å². The topological polar surface area (TPSA) is 90.7 Å². The highest BCUT2D eigenvalue weighted by Gasteiger charge is 2.33. The van der Waals surface area contributed by atoms with E-state index in [4.69, 9.17) is 5.26 Å². The Labute approximate surface area is 157 Å². The van der Waals surface area contributed by atoms with Crippen LogP contribution in [0.4, 0.5) is 30.4 Å². The van der Waals surface area contributed by atoms with E-state index in [0.717, 1.165) is 18.5 Å². The van der Waals surface area contributed by atoms with Crippen LogP contribution in [0, 0.1) is 11.3 Å². The van der Waals surface area contributed by atoms with Crippen molar-refractivity contribution in [1.82, 2.24) is 9.97 Å². The van der Waals surface area contributed by atoms with Crippen LogP contribution in [0.2, 0.25) is 0 Å². The molecule has 3 aromatic rings. The zero-order valence-corrected chi connectivity index (χ0v) is 14.2. The Bertz CT molecular complexity index is 1040. The van der Waals surface area contributed by atoms with E-state index in [2.05, 4.69) is 20.6 Å². The number of rotatable bonds is 4. The third-order valence-electron chi connectivity index (χ3n) is 3.67. The van der Waals surface area contributed by atoms with Gasteiger partial charge in [0.05, 0.1) is 22.9 Å². The van der Waals surface area contributed by atoms with Gasteiger partial charge in [0.15, 0.2) is 0 Å². The standard InChI is InChI=1S/C19H12F3N5O/c20-19(21,22)14-3-1-2-4-15(14)27-18(28)16-9-17(25-11-24-16)26-13-7-5-12(10-23)6-8-13/h1-9,11H,(H,27,28)(H,24,25,26). The first-order valence-electron chi connectivity index (χ1n) is 7.93. The van der Waals surface area contributed by atoms with Crippen molar-refractivity contribution < 1.29 is 18.0 Å². The zero-order valence-electron chi connectivity index (χ0n) is 14.2. The molecule has 0 spiro atoms. The molecule has 0 atom stereocenters. The van der Waals surface area contributed by atoms with E-state index >= 15 is 0 Å². The maximum absolute atomic E-state index is 13.1. The van der Waals surface area contributed by atoms with Gasteiger partial charge >= 0.3 is 6.18 Å². The molecule has 0 aliphatic carbocycles. The van der Waals surface area contributed by atoms with E-state index in [1.807, 2.05) is 6.07 Å². The van der Waals surface area contributed by atoms with Crippen LogP contribution in [0.15, 0.2) is 60.9 Å². The van der Waals surface area contributed by atoms with Gasteiger partial charge in [-0.1, -0.05) is 12.1 Å². The molecule has 6 nitrogen and oxygen atoms in total. The summed E-state index contributed by atoms with van der Waals surface area (Å²) >= 11 is 0. The molecule has 0 saturated carbocycles. The molecule has 3 rings (SSSR count). The molecule has 140 valence electrons. The fourth-order valence-electron chi connectivity index (χ4n) is 2.35. The smallest absolute Gasteiger partial charge is 0.340 e. The van der Waals surface area contributed by atoms with Gasteiger partial charge in [0.1, 0.15) is 17.8 Å². The Morgan fingerprint density at radius 3 is 2.43 bits per heavy atom. The highest BCUT2D eigenvalue weighted by Crippen LogP contribution is 2.34. The molecule has 1 amide bonds. The minimum Gasteiger partial charge on any atom is -0.340 e. The number of alkyl halides is 3. The lowest BCUT2D eigenvalue weighted by molar-refractivity contribution is -0.136. The van der Waals surface area contributed by atoms with Crippen molar-refractivity contribution in [3.8, 4) is 6.07 Å². The molecule has 2 N–H and O–H groups in total. The van der Waals surface area contributed by atoms with Crippen molar-refractivity contribution in [2.24, 2.45) is 0 Å². The molecule has 0 bridgehead atoms. The monoisotopic (exact) mass is 383 g/mol. The van der Waals surface area contributed by atoms with E-state index in [0.29, 0.717) is 11.3 Å². The van der Waals surface area contributed by atoms with Crippen molar-refractivity contribution in [2.75, 3.05) is 10.6 Å².